The van der Waals surface area contributed by atoms with Crippen LogP contribution in [0.3, 0.4) is 0 Å². The summed E-state index contributed by atoms with van der Waals surface area (Å²) in [4.78, 5) is 0. The molecule has 0 saturated heterocycles. The van der Waals surface area contributed by atoms with Gasteiger partial charge >= 0.3 is 0 Å². The van der Waals surface area contributed by atoms with Gasteiger partial charge < -0.3 is 11.1 Å². The second-order valence-corrected chi connectivity index (χ2v) is 3.62. The molecule has 0 amide bonds. The second kappa shape index (κ2) is 4.28. The number of nitrogens with one attached hydrogen (secondary N) is 1. The molecule has 0 aliphatic rings. The van der Waals surface area contributed by atoms with Gasteiger partial charge in [-0.15, -0.1) is 0 Å². The average molecular weight is 182 g/mol. The number of hydrogen-bond donors (Lipinski definition) is 2. The monoisotopic (exact) mass is 182 g/mol. The van der Waals surface area contributed by atoms with Crippen LogP contribution in [-0.4, -0.2) is 22.4 Å². The predicted octanol–water partition coefficient (Wildman–Crippen LogP) is 0.815. The van der Waals surface area contributed by atoms with Gasteiger partial charge in [0.15, 0.2) is 0 Å². The van der Waals surface area contributed by atoms with Crippen LogP contribution in [0.5, 0.6) is 0 Å². The maximum Gasteiger partial charge on any atom is 0.0726 e. The van der Waals surface area contributed by atoms with Crippen molar-refractivity contribution in [1.82, 2.24) is 9.78 Å². The van der Waals surface area contributed by atoms with Crippen molar-refractivity contribution in [2.24, 2.45) is 18.7 Å². The Balaban J connectivity index is 2.35. The number of aryl methyl sites for hydroxylation is 1. The molecule has 1 aromatic rings. The molecule has 4 heteroatoms. The number of nitrogens with two attached hydrogens (primary N) is 1. The molecule has 2 atom stereocenters. The number of hydrogen-bond acceptors (Lipinski definition) is 3. The van der Waals surface area contributed by atoms with Gasteiger partial charge in [0.2, 0.25) is 0 Å². The molecular formula is C9H18N4. The molecule has 0 saturated carbocycles. The first-order valence-electron chi connectivity index (χ1n) is 4.57. The van der Waals surface area contributed by atoms with Gasteiger partial charge in [0.1, 0.15) is 0 Å². The van der Waals surface area contributed by atoms with E-state index in [1.807, 2.05) is 26.4 Å². The fourth-order valence-corrected chi connectivity index (χ4v) is 0.977. The summed E-state index contributed by atoms with van der Waals surface area (Å²) in [6, 6.07) is 0.226. The second-order valence-electron chi connectivity index (χ2n) is 3.62. The van der Waals surface area contributed by atoms with Crippen molar-refractivity contribution in [2.75, 3.05) is 11.9 Å². The maximum absolute atomic E-state index is 5.74. The highest BCUT2D eigenvalue weighted by Crippen LogP contribution is 2.06. The average Bonchev–Trinajstić information content (AvgIpc) is 2.47. The van der Waals surface area contributed by atoms with Crippen LogP contribution in [0.1, 0.15) is 13.8 Å². The molecule has 0 fully saturated rings. The van der Waals surface area contributed by atoms with Crippen LogP contribution in [0.2, 0.25) is 0 Å². The molecule has 13 heavy (non-hydrogen) atoms. The summed E-state index contributed by atoms with van der Waals surface area (Å²) in [5.41, 5.74) is 6.80. The number of anilines is 1. The van der Waals surface area contributed by atoms with Gasteiger partial charge in [0.05, 0.1) is 11.9 Å². The normalized spacial score (nSPS) is 15.4. The third-order valence-electron chi connectivity index (χ3n) is 2.23. The molecule has 3 N–H and O–H groups in total. The topological polar surface area (TPSA) is 55.9 Å². The molecule has 1 aromatic heterocycles. The first-order chi connectivity index (χ1) is 6.09. The molecule has 0 bridgehead atoms. The Bertz CT molecular complexity index is 254. The lowest BCUT2D eigenvalue weighted by atomic mass is 10.1. The summed E-state index contributed by atoms with van der Waals surface area (Å²) in [5, 5.41) is 7.35. The summed E-state index contributed by atoms with van der Waals surface area (Å²) >= 11 is 0. The van der Waals surface area contributed by atoms with Crippen molar-refractivity contribution in [2.45, 2.75) is 19.9 Å². The molecule has 1 heterocycles. The summed E-state index contributed by atoms with van der Waals surface area (Å²) in [6.07, 6.45) is 3.77. The Morgan fingerprint density at radius 2 is 2.31 bits per heavy atom. The molecule has 1 rings (SSSR count). The summed E-state index contributed by atoms with van der Waals surface area (Å²) in [7, 11) is 1.90. The van der Waals surface area contributed by atoms with Gasteiger partial charge in [-0.05, 0) is 12.8 Å². The van der Waals surface area contributed by atoms with E-state index in [1.54, 1.807) is 4.68 Å². The van der Waals surface area contributed by atoms with E-state index in [0.29, 0.717) is 5.92 Å². The first-order valence-corrected chi connectivity index (χ1v) is 4.57. The number of aromatic nitrogens is 2. The number of rotatable bonds is 4. The quantitative estimate of drug-likeness (QED) is 0.724. The third-order valence-corrected chi connectivity index (χ3v) is 2.23. The van der Waals surface area contributed by atoms with E-state index in [9.17, 15) is 0 Å². The molecule has 0 radical (unpaired) electrons. The molecule has 4 nitrogen and oxygen atoms in total. The van der Waals surface area contributed by atoms with E-state index < -0.39 is 0 Å². The van der Waals surface area contributed by atoms with Gasteiger partial charge in [-0.3, -0.25) is 4.68 Å². The minimum Gasteiger partial charge on any atom is -0.382 e. The molecule has 2 unspecified atom stereocenters. The minimum atomic E-state index is 0.226. The summed E-state index contributed by atoms with van der Waals surface area (Å²) in [6.45, 7) is 5.05. The zero-order valence-corrected chi connectivity index (χ0v) is 8.49. The Morgan fingerprint density at radius 1 is 1.62 bits per heavy atom. The molecular weight excluding hydrogens is 164 g/mol. The van der Waals surface area contributed by atoms with Gasteiger partial charge in [-0.2, -0.15) is 5.10 Å². The number of nitrogens with zero attached hydrogens (tertiary/aromatic N) is 2. The molecule has 0 aliphatic carbocycles. The van der Waals surface area contributed by atoms with Crippen molar-refractivity contribution in [3.63, 3.8) is 0 Å². The van der Waals surface area contributed by atoms with E-state index in [2.05, 4.69) is 17.3 Å². The molecule has 0 aliphatic heterocycles. The van der Waals surface area contributed by atoms with Crippen LogP contribution in [0.4, 0.5) is 5.69 Å². The Morgan fingerprint density at radius 3 is 2.77 bits per heavy atom. The SMILES string of the molecule is CC(N)C(C)CNc1cnn(C)c1. The third kappa shape index (κ3) is 3.06. The highest BCUT2D eigenvalue weighted by molar-refractivity contribution is 5.37. The smallest absolute Gasteiger partial charge is 0.0726 e. The van der Waals surface area contributed by atoms with Crippen molar-refractivity contribution < 1.29 is 0 Å². The van der Waals surface area contributed by atoms with Crippen molar-refractivity contribution in [3.8, 4) is 0 Å². The zero-order valence-electron chi connectivity index (χ0n) is 8.49. The van der Waals surface area contributed by atoms with Crippen molar-refractivity contribution in [3.05, 3.63) is 12.4 Å². The molecule has 74 valence electrons. The van der Waals surface area contributed by atoms with Crippen LogP contribution in [-0.2, 0) is 7.05 Å². The lowest BCUT2D eigenvalue weighted by Crippen LogP contribution is -2.29. The van der Waals surface area contributed by atoms with Gasteiger partial charge in [0.25, 0.3) is 0 Å². The van der Waals surface area contributed by atoms with Crippen LogP contribution in [0, 0.1) is 5.92 Å². The minimum absolute atomic E-state index is 0.226. The fraction of sp³-hybridized carbons (Fsp3) is 0.667. The van der Waals surface area contributed by atoms with Crippen LogP contribution in [0.25, 0.3) is 0 Å². The van der Waals surface area contributed by atoms with Crippen LogP contribution >= 0.6 is 0 Å². The Kier molecular flexibility index (Phi) is 3.31. The highest BCUT2D eigenvalue weighted by Gasteiger charge is 2.06. The van der Waals surface area contributed by atoms with Gasteiger partial charge in [-0.1, -0.05) is 6.92 Å². The summed E-state index contributed by atoms with van der Waals surface area (Å²) < 4.78 is 1.78. The van der Waals surface area contributed by atoms with E-state index >= 15 is 0 Å². The van der Waals surface area contributed by atoms with Crippen LogP contribution in [0.15, 0.2) is 12.4 Å². The van der Waals surface area contributed by atoms with E-state index in [1.165, 1.54) is 0 Å². The lowest BCUT2D eigenvalue weighted by Gasteiger charge is -2.15. The summed E-state index contributed by atoms with van der Waals surface area (Å²) in [5.74, 6) is 0.472. The largest absolute Gasteiger partial charge is 0.382 e. The van der Waals surface area contributed by atoms with Gasteiger partial charge in [0, 0.05) is 25.8 Å². The van der Waals surface area contributed by atoms with Crippen molar-refractivity contribution >= 4 is 5.69 Å². The zero-order chi connectivity index (χ0) is 9.84. The predicted molar refractivity (Wildman–Crippen MR) is 54.5 cm³/mol. The van der Waals surface area contributed by atoms with E-state index in [0.717, 1.165) is 12.2 Å². The standard InChI is InChI=1S/C9H18N4/c1-7(8(2)10)4-11-9-5-12-13(3)6-9/h5-8,11H,4,10H2,1-3H3. The Hall–Kier alpha value is -1.03. The fourth-order valence-electron chi connectivity index (χ4n) is 0.977. The van der Waals surface area contributed by atoms with E-state index in [-0.39, 0.29) is 6.04 Å². The first kappa shape index (κ1) is 10.1. The molecule has 0 spiro atoms. The Labute approximate surface area is 79.1 Å². The van der Waals surface area contributed by atoms with Crippen LogP contribution < -0.4 is 11.1 Å². The highest BCUT2D eigenvalue weighted by atomic mass is 15.3. The van der Waals surface area contributed by atoms with Gasteiger partial charge in [-0.25, -0.2) is 0 Å². The maximum atomic E-state index is 5.74. The lowest BCUT2D eigenvalue weighted by molar-refractivity contribution is 0.507. The molecule has 0 aromatic carbocycles. The van der Waals surface area contributed by atoms with Crippen molar-refractivity contribution in [1.29, 1.82) is 0 Å². The van der Waals surface area contributed by atoms with E-state index in [4.69, 9.17) is 5.73 Å².